The molecule has 43 heavy (non-hydrogen) atoms. The van der Waals surface area contributed by atoms with E-state index in [1.54, 1.807) is 24.3 Å². The van der Waals surface area contributed by atoms with Crippen LogP contribution in [0, 0.1) is 0 Å². The second-order valence-corrected chi connectivity index (χ2v) is 16.9. The molecule has 0 atom stereocenters. The van der Waals surface area contributed by atoms with Crippen LogP contribution < -0.4 is 9.47 Å². The molecule has 0 saturated heterocycles. The van der Waals surface area contributed by atoms with Crippen LogP contribution in [0.2, 0.25) is 0 Å². The normalized spacial score (nSPS) is 12.6. The lowest BCUT2D eigenvalue weighted by molar-refractivity contribution is 0.00377. The van der Waals surface area contributed by atoms with Crippen LogP contribution in [0.3, 0.4) is 0 Å². The van der Waals surface area contributed by atoms with Gasteiger partial charge < -0.3 is 15.0 Å². The van der Waals surface area contributed by atoms with E-state index in [-0.39, 0.29) is 34.5 Å². The van der Waals surface area contributed by atoms with E-state index in [1.165, 1.54) is 12.1 Å². The van der Waals surface area contributed by atoms with Gasteiger partial charge in [0.05, 0.1) is 13.2 Å². The second-order valence-electron chi connectivity index (χ2n) is 13.0. The van der Waals surface area contributed by atoms with Crippen molar-refractivity contribution in [3.63, 3.8) is 0 Å². The van der Waals surface area contributed by atoms with Gasteiger partial charge in [-0.05, 0) is 59.1 Å². The van der Waals surface area contributed by atoms with Crippen LogP contribution in [-0.2, 0) is 30.5 Å². The van der Waals surface area contributed by atoms with E-state index >= 15 is 0 Å². The third-order valence-electron chi connectivity index (χ3n) is 7.25. The van der Waals surface area contributed by atoms with Gasteiger partial charge in [-0.15, -0.1) is 4.79 Å². The minimum atomic E-state index is -4.88. The Kier molecular flexibility index (Phi) is 13.0. The molecule has 0 spiro atoms. The van der Waals surface area contributed by atoms with Gasteiger partial charge in [-0.3, -0.25) is 0 Å². The van der Waals surface area contributed by atoms with E-state index in [9.17, 15) is 22.4 Å². The molecule has 0 fully saturated rings. The second kappa shape index (κ2) is 15.4. The summed E-state index contributed by atoms with van der Waals surface area (Å²) in [7, 11) is -9.77. The lowest BCUT2D eigenvalue weighted by Crippen LogP contribution is -2.28. The highest BCUT2D eigenvalue weighted by atomic mass is 32.3. The van der Waals surface area contributed by atoms with Crippen LogP contribution >= 0.6 is 0 Å². The Morgan fingerprint density at radius 1 is 0.651 bits per heavy atom. The average molecular weight is 635 g/mol. The van der Waals surface area contributed by atoms with Crippen LogP contribution in [-0.4, -0.2) is 39.2 Å². The molecule has 0 aliphatic heterocycles. The summed E-state index contributed by atoms with van der Waals surface area (Å²) in [5, 5.41) is 0. The third-order valence-corrected chi connectivity index (χ3v) is 11.4. The summed E-state index contributed by atoms with van der Waals surface area (Å²) in [5.41, 5.74) is 10.5. The molecule has 8 nitrogen and oxygen atoms in total. The van der Waals surface area contributed by atoms with Gasteiger partial charge in [0.15, 0.2) is 0 Å². The molecule has 2 rings (SSSR count). The van der Waals surface area contributed by atoms with E-state index in [4.69, 9.17) is 9.47 Å². The first-order chi connectivity index (χ1) is 20.0. The number of ether oxygens (including phenoxy) is 2. The lowest BCUT2D eigenvalue weighted by atomic mass is 9.87. The zero-order valence-electron chi connectivity index (χ0n) is 27.2. The molecule has 2 aromatic rings. The molecule has 2 aromatic carbocycles. The highest BCUT2D eigenvalue weighted by Gasteiger charge is 2.47. The molecular formula is C33H50N2O6S2. The fourth-order valence-corrected chi connectivity index (χ4v) is 8.10. The number of rotatable bonds is 14. The summed E-state index contributed by atoms with van der Waals surface area (Å²) in [6, 6.07) is 9.44. The molecule has 0 aromatic heterocycles. The molecule has 0 aliphatic carbocycles. The largest absolute Gasteiger partial charge is 0.504 e. The van der Waals surface area contributed by atoms with Gasteiger partial charge in [0.25, 0.3) is 19.7 Å². The predicted molar refractivity (Wildman–Crippen MR) is 173 cm³/mol. The minimum Gasteiger partial charge on any atom is -0.492 e. The van der Waals surface area contributed by atoms with Crippen molar-refractivity contribution in [2.45, 2.75) is 127 Å². The molecule has 0 heterocycles. The van der Waals surface area contributed by atoms with Crippen LogP contribution in [0.4, 0.5) is 0 Å². The monoisotopic (exact) mass is 634 g/mol. The maximum atomic E-state index is 14.2. The van der Waals surface area contributed by atoms with Crippen molar-refractivity contribution < 1.29 is 31.1 Å². The number of sulfone groups is 2. The van der Waals surface area contributed by atoms with Crippen LogP contribution in [0.15, 0.2) is 46.2 Å². The first-order valence-corrected chi connectivity index (χ1v) is 18.2. The van der Waals surface area contributed by atoms with Crippen molar-refractivity contribution >= 4 is 24.1 Å². The summed E-state index contributed by atoms with van der Waals surface area (Å²) in [6.07, 6.45) is 7.38. The maximum absolute atomic E-state index is 14.2. The molecule has 10 heteroatoms. The van der Waals surface area contributed by atoms with Gasteiger partial charge >= 0.3 is 4.38 Å². The maximum Gasteiger partial charge on any atom is 0.504 e. The number of hydrogen-bond donors (Lipinski definition) is 0. The highest BCUT2D eigenvalue weighted by molar-refractivity contribution is 8.31. The highest BCUT2D eigenvalue weighted by Crippen LogP contribution is 2.36. The van der Waals surface area contributed by atoms with Gasteiger partial charge in [-0.2, -0.15) is 0 Å². The summed E-state index contributed by atoms with van der Waals surface area (Å²) < 4.78 is 67.0. The summed E-state index contributed by atoms with van der Waals surface area (Å²) in [4.78, 5) is 2.20. The smallest absolute Gasteiger partial charge is 0.492 e. The quantitative estimate of drug-likeness (QED) is 0.0681. The fourth-order valence-electron chi connectivity index (χ4n) is 4.47. The van der Waals surface area contributed by atoms with Gasteiger partial charge in [0, 0.05) is 0 Å². The van der Waals surface area contributed by atoms with Gasteiger partial charge in [-0.25, -0.2) is 16.8 Å². The predicted octanol–water partition coefficient (Wildman–Crippen LogP) is 8.03. The Bertz CT molecular complexity index is 1390. The number of nitrogens with zero attached hydrogens (tertiary/aromatic N) is 2. The zero-order valence-corrected chi connectivity index (χ0v) is 28.8. The molecule has 0 unspecified atom stereocenters. The summed E-state index contributed by atoms with van der Waals surface area (Å²) >= 11 is 0. The SMILES string of the molecule is CCCCCCOc1ccc(C(C)(C)C)cc1S(=O)(=O)C(=[N+]=[N-])S(=O)(=O)c1cc(C(C)(C)C)ccc1OCCCCCC. The van der Waals surface area contributed by atoms with E-state index in [0.29, 0.717) is 24.0 Å². The fraction of sp³-hybridized carbons (Fsp3) is 0.606. The Labute approximate surface area is 259 Å². The van der Waals surface area contributed by atoms with Crippen molar-refractivity contribution in [2.24, 2.45) is 0 Å². The molecule has 0 saturated carbocycles. The molecule has 0 aliphatic rings. The van der Waals surface area contributed by atoms with Crippen LogP contribution in [0.5, 0.6) is 11.5 Å². The van der Waals surface area contributed by atoms with Crippen molar-refractivity contribution in [3.05, 3.63) is 53.1 Å². The molecule has 0 radical (unpaired) electrons. The Hall–Kier alpha value is -2.68. The van der Waals surface area contributed by atoms with Crippen molar-refractivity contribution in [2.75, 3.05) is 13.2 Å². The minimum absolute atomic E-state index is 0.0108. The zero-order chi connectivity index (χ0) is 32.5. The van der Waals surface area contributed by atoms with Gasteiger partial charge in [0.1, 0.15) is 21.3 Å². The first-order valence-electron chi connectivity index (χ1n) is 15.3. The Balaban J connectivity index is 2.68. The summed E-state index contributed by atoms with van der Waals surface area (Å²) in [5.74, 6) is 0.0216. The van der Waals surface area contributed by atoms with Gasteiger partial charge in [0.2, 0.25) is 0 Å². The van der Waals surface area contributed by atoms with E-state index < -0.39 is 34.9 Å². The molecular weight excluding hydrogens is 585 g/mol. The first kappa shape index (κ1) is 36.5. The summed E-state index contributed by atoms with van der Waals surface area (Å²) in [6.45, 7) is 16.2. The third kappa shape index (κ3) is 9.65. The van der Waals surface area contributed by atoms with Crippen LogP contribution in [0.1, 0.15) is 118 Å². The number of hydrogen-bond acceptors (Lipinski definition) is 6. The number of benzene rings is 2. The van der Waals surface area contributed by atoms with Crippen LogP contribution in [0.25, 0.3) is 5.53 Å². The van der Waals surface area contributed by atoms with Crippen molar-refractivity contribution in [1.82, 2.24) is 0 Å². The van der Waals surface area contributed by atoms with Gasteiger partial charge in [-0.1, -0.05) is 106 Å². The Morgan fingerprint density at radius 2 is 1.02 bits per heavy atom. The van der Waals surface area contributed by atoms with E-state index in [1.807, 2.05) is 41.5 Å². The molecule has 240 valence electrons. The molecule has 0 amide bonds. The standard InChI is InChI=1S/C33H50N2O6S2/c1-9-11-13-15-21-40-27-19-17-25(32(3,4)5)23-29(27)42(36,37)31(35-34)43(38,39)30-24-26(33(6,7)8)18-20-28(30)41-22-16-14-12-10-2/h17-20,23-24H,9-16,21-22H2,1-8H3. The van der Waals surface area contributed by atoms with E-state index in [2.05, 4.69) is 18.6 Å². The molecule has 0 bridgehead atoms. The number of unbranched alkanes of at least 4 members (excludes halogenated alkanes) is 6. The molecule has 0 N–H and O–H groups in total. The lowest BCUT2D eigenvalue weighted by Gasteiger charge is -2.22. The topological polar surface area (TPSA) is 123 Å². The van der Waals surface area contributed by atoms with E-state index in [0.717, 1.165) is 38.5 Å². The average Bonchev–Trinajstić information content (AvgIpc) is 2.91. The van der Waals surface area contributed by atoms with Crippen molar-refractivity contribution in [3.8, 4) is 11.5 Å². The Morgan fingerprint density at radius 3 is 1.33 bits per heavy atom. The van der Waals surface area contributed by atoms with Crippen molar-refractivity contribution in [1.29, 1.82) is 0 Å².